The van der Waals surface area contributed by atoms with E-state index in [9.17, 15) is 48.0 Å². The van der Waals surface area contributed by atoms with Crippen LogP contribution in [0.1, 0.15) is 23.7 Å². The number of carbonyl (C=O) groups is 4. The van der Waals surface area contributed by atoms with E-state index in [1.807, 2.05) is 0 Å². The van der Waals surface area contributed by atoms with Gasteiger partial charge >= 0.3 is 5.97 Å². The number of Topliss-reactive ketones (excluding diaryl/α,β-unsaturated/α-hetero) is 1. The Morgan fingerprint density at radius 2 is 2.00 bits per heavy atom. The minimum Gasteiger partial charge on any atom is -0.504 e. The quantitative estimate of drug-likeness (QED) is 0.156. The maximum atomic E-state index is 12.8. The van der Waals surface area contributed by atoms with Gasteiger partial charge in [-0.1, -0.05) is 11.6 Å². The van der Waals surface area contributed by atoms with E-state index >= 15 is 0 Å². The van der Waals surface area contributed by atoms with Crippen molar-refractivity contribution < 1.29 is 48.0 Å². The molecule has 2 heterocycles. The summed E-state index contributed by atoms with van der Waals surface area (Å²) >= 11 is 5.80. The minimum atomic E-state index is -4.16. The number of aliphatic hydroxyl groups excluding tert-OH is 1. The minimum absolute atomic E-state index is 0.297. The van der Waals surface area contributed by atoms with E-state index in [0.717, 1.165) is 30.2 Å². The molecule has 0 unspecified atom stereocenters. The molecule has 1 aromatic carbocycles. The summed E-state index contributed by atoms with van der Waals surface area (Å²) in [4.78, 5) is 52.8. The number of benzene rings is 1. The molecule has 15 heteroatoms. The highest BCUT2D eigenvalue weighted by molar-refractivity contribution is 7.94. The fourth-order valence-electron chi connectivity index (χ4n) is 3.82. The Morgan fingerprint density at radius 3 is 2.56 bits per heavy atom. The number of phenolic OH excluding ortho intramolecular Hbond substituents is 2. The molecule has 0 aliphatic carbocycles. The van der Waals surface area contributed by atoms with Crippen LogP contribution in [0.5, 0.6) is 11.5 Å². The average molecular weight is 518 g/mol. The summed E-state index contributed by atoms with van der Waals surface area (Å²) < 4.78 is 23.5. The Morgan fingerprint density at radius 1 is 1.35 bits per heavy atom. The first-order chi connectivity index (χ1) is 15.8. The molecule has 4 atom stereocenters. The summed E-state index contributed by atoms with van der Waals surface area (Å²) in [6, 6.07) is -1.15. The van der Waals surface area contributed by atoms with E-state index in [-0.39, 0.29) is 12.0 Å². The zero-order valence-corrected chi connectivity index (χ0v) is 19.1. The summed E-state index contributed by atoms with van der Waals surface area (Å²) in [6.07, 6.45) is 0.443. The number of hydrogen-bond acceptors (Lipinski definition) is 10. The van der Waals surface area contributed by atoms with Crippen LogP contribution in [0.25, 0.3) is 0 Å². The monoisotopic (exact) mass is 517 g/mol. The lowest BCUT2D eigenvalue weighted by atomic mass is 9.97. The average Bonchev–Trinajstić information content (AvgIpc) is 2.90. The van der Waals surface area contributed by atoms with Gasteiger partial charge in [-0.2, -0.15) is 0 Å². The van der Waals surface area contributed by atoms with Crippen LogP contribution < -0.4 is 5.32 Å². The molecule has 3 rings (SSSR count). The molecule has 2 saturated heterocycles. The molecule has 0 bridgehead atoms. The highest BCUT2D eigenvalue weighted by atomic mass is 35.5. The molecule has 0 spiro atoms. The van der Waals surface area contributed by atoms with Crippen LogP contribution in [0.4, 0.5) is 0 Å². The maximum Gasteiger partial charge on any atom is 0.328 e. The lowest BCUT2D eigenvalue weighted by Crippen LogP contribution is -2.57. The number of carboxylic acid groups (broad SMARTS) is 1. The van der Waals surface area contributed by atoms with Crippen LogP contribution >= 0.6 is 11.6 Å². The van der Waals surface area contributed by atoms with Crippen molar-refractivity contribution in [3.8, 4) is 11.5 Å². The molecule has 2 fully saturated rings. The number of aliphatic carboxylic acids is 1. The van der Waals surface area contributed by atoms with Gasteiger partial charge in [-0.25, -0.2) is 13.2 Å². The van der Waals surface area contributed by atoms with Gasteiger partial charge in [-0.15, -0.1) is 0 Å². The molecule has 34 heavy (non-hydrogen) atoms. The highest BCUT2D eigenvalue weighted by Gasteiger charge is 2.69. The molecule has 2 amide bonds. The Hall–Kier alpha value is -3.23. The molecule has 2 aliphatic rings. The summed E-state index contributed by atoms with van der Waals surface area (Å²) in [5, 5.41) is 38.4. The van der Waals surface area contributed by atoms with Gasteiger partial charge in [0.2, 0.25) is 5.91 Å². The predicted octanol–water partition coefficient (Wildman–Crippen LogP) is -1.32. The van der Waals surface area contributed by atoms with Crippen molar-refractivity contribution in [3.05, 3.63) is 22.7 Å². The number of halogens is 1. The number of ketones is 1. The van der Waals surface area contributed by atoms with E-state index in [0.29, 0.717) is 0 Å². The van der Waals surface area contributed by atoms with E-state index in [4.69, 9.17) is 11.6 Å². The first kappa shape index (κ1) is 25.4. The van der Waals surface area contributed by atoms with Crippen molar-refractivity contribution in [1.82, 2.24) is 10.2 Å². The van der Waals surface area contributed by atoms with Crippen molar-refractivity contribution in [2.24, 2.45) is 4.99 Å². The van der Waals surface area contributed by atoms with Gasteiger partial charge in [-0.3, -0.25) is 19.4 Å². The summed E-state index contributed by atoms with van der Waals surface area (Å²) in [5.74, 6) is -5.32. The second-order valence-corrected chi connectivity index (χ2v) is 10.8. The summed E-state index contributed by atoms with van der Waals surface area (Å²) in [7, 11) is -4.16. The van der Waals surface area contributed by atoms with Crippen LogP contribution in [0.2, 0.25) is 5.02 Å². The number of sulfone groups is 1. The SMILES string of the molecule is C[C@]1(C=NCC(=O)[C@H](CO)NC(=O)c2ccc(O)c(O)c2Cl)[C@H](C(=O)O)N2C(=O)C[C@H]2S1(=O)=O. The van der Waals surface area contributed by atoms with E-state index in [2.05, 4.69) is 10.3 Å². The number of nitrogens with zero attached hydrogens (tertiary/aromatic N) is 2. The van der Waals surface area contributed by atoms with E-state index in [1.54, 1.807) is 0 Å². The third-order valence-electron chi connectivity index (χ3n) is 5.78. The van der Waals surface area contributed by atoms with E-state index < -0.39 is 85.3 Å². The smallest absolute Gasteiger partial charge is 0.328 e. The number of nitrogens with one attached hydrogen (secondary N) is 1. The number of carbonyl (C=O) groups excluding carboxylic acids is 3. The Labute approximate surface area is 197 Å². The Bertz CT molecular complexity index is 1220. The number of β-lactam (4-membered cyclic amide) rings is 1. The first-order valence-electron chi connectivity index (χ1n) is 9.71. The highest BCUT2D eigenvalue weighted by Crippen LogP contribution is 2.45. The van der Waals surface area contributed by atoms with Crippen molar-refractivity contribution in [2.75, 3.05) is 13.2 Å². The number of carboxylic acids is 1. The van der Waals surface area contributed by atoms with Crippen molar-refractivity contribution in [2.45, 2.75) is 35.5 Å². The molecular formula is C19H20ClN3O10S. The van der Waals surface area contributed by atoms with Gasteiger partial charge in [0.15, 0.2) is 33.2 Å². The zero-order valence-electron chi connectivity index (χ0n) is 17.5. The Kier molecular flexibility index (Phi) is 6.61. The molecule has 0 saturated carbocycles. The summed E-state index contributed by atoms with van der Waals surface area (Å²) in [6.45, 7) is -0.499. The lowest BCUT2D eigenvalue weighted by Gasteiger charge is -2.35. The number of amides is 2. The van der Waals surface area contributed by atoms with Gasteiger partial charge in [0.05, 0.1) is 30.2 Å². The second-order valence-electron chi connectivity index (χ2n) is 7.87. The van der Waals surface area contributed by atoms with Crippen molar-refractivity contribution in [3.63, 3.8) is 0 Å². The van der Waals surface area contributed by atoms with Gasteiger partial charge in [-0.05, 0) is 19.1 Å². The molecule has 1 aromatic rings. The van der Waals surface area contributed by atoms with Crippen molar-refractivity contribution >= 4 is 51.2 Å². The number of aromatic hydroxyl groups is 2. The molecular weight excluding hydrogens is 498 g/mol. The molecule has 2 aliphatic heterocycles. The maximum absolute atomic E-state index is 12.8. The predicted molar refractivity (Wildman–Crippen MR) is 115 cm³/mol. The van der Waals surface area contributed by atoms with Crippen LogP contribution in [0, 0.1) is 0 Å². The van der Waals surface area contributed by atoms with Crippen LogP contribution in [-0.4, -0.2) is 98.9 Å². The second kappa shape index (κ2) is 8.85. The zero-order chi connectivity index (χ0) is 25.6. The van der Waals surface area contributed by atoms with Crippen LogP contribution in [-0.2, 0) is 24.2 Å². The molecule has 0 radical (unpaired) electrons. The molecule has 0 aromatic heterocycles. The largest absolute Gasteiger partial charge is 0.504 e. The fraction of sp³-hybridized carbons (Fsp3) is 0.421. The van der Waals surface area contributed by atoms with Gasteiger partial charge in [0.25, 0.3) is 5.91 Å². The third kappa shape index (κ3) is 3.86. The number of aliphatic imine (C=N–C) groups is 1. The van der Waals surface area contributed by atoms with Crippen LogP contribution in [0.15, 0.2) is 17.1 Å². The number of phenols is 2. The number of hydrogen-bond donors (Lipinski definition) is 5. The van der Waals surface area contributed by atoms with Gasteiger partial charge < -0.3 is 30.6 Å². The van der Waals surface area contributed by atoms with Gasteiger partial charge in [0.1, 0.15) is 16.2 Å². The molecule has 184 valence electrons. The van der Waals surface area contributed by atoms with Gasteiger partial charge in [0, 0.05) is 6.21 Å². The molecule has 5 N–H and O–H groups in total. The standard InChI is InChI=1S/C19H20ClN3O10S/c1-19(16(18(30)31)23-12(27)4-13(23)34(19,32)33)7-21-5-11(26)9(6-24)22-17(29)8-2-3-10(25)15(28)14(8)20/h2-3,7,9,13,16,24-25,28H,4-6H2,1H3,(H,22,29)(H,30,31)/t9-,13+,16-,19-/m0/s1. The lowest BCUT2D eigenvalue weighted by molar-refractivity contribution is -0.156. The fourth-order valence-corrected chi connectivity index (χ4v) is 6.30. The first-order valence-corrected chi connectivity index (χ1v) is 11.6. The van der Waals surface area contributed by atoms with Crippen molar-refractivity contribution in [1.29, 1.82) is 0 Å². The van der Waals surface area contributed by atoms with Crippen LogP contribution in [0.3, 0.4) is 0 Å². The summed E-state index contributed by atoms with van der Waals surface area (Å²) in [5.41, 5.74) is -0.297. The molecule has 13 nitrogen and oxygen atoms in total. The van der Waals surface area contributed by atoms with E-state index in [1.165, 1.54) is 0 Å². The topological polar surface area (TPSA) is 211 Å². The number of aliphatic hydroxyl groups is 1. The third-order valence-corrected chi connectivity index (χ3v) is 8.83. The normalized spacial score (nSPS) is 26.1. The Balaban J connectivity index is 1.75. The number of fused-ring (bicyclic) bond motifs is 1. The number of rotatable bonds is 8.